The van der Waals surface area contributed by atoms with Crippen LogP contribution in [-0.4, -0.2) is 25.9 Å². The van der Waals surface area contributed by atoms with Crippen molar-refractivity contribution < 1.29 is 0 Å². The second kappa shape index (κ2) is 5.22. The van der Waals surface area contributed by atoms with E-state index in [-0.39, 0.29) is 11.6 Å². The molecule has 0 unspecified atom stereocenters. The van der Waals surface area contributed by atoms with E-state index in [1.54, 1.807) is 10.8 Å². The van der Waals surface area contributed by atoms with Gasteiger partial charge in [-0.3, -0.25) is 9.36 Å². The predicted molar refractivity (Wildman–Crippen MR) is 89.7 cm³/mol. The fourth-order valence-corrected chi connectivity index (χ4v) is 3.12. The van der Waals surface area contributed by atoms with Crippen molar-refractivity contribution in [3.8, 4) is 0 Å². The Morgan fingerprint density at radius 3 is 2.65 bits per heavy atom. The molecule has 6 nitrogen and oxygen atoms in total. The largest absolute Gasteiger partial charge is 0.362 e. The molecule has 1 aromatic carbocycles. The summed E-state index contributed by atoms with van der Waals surface area (Å²) in [5, 5.41) is 4.94. The zero-order chi connectivity index (χ0) is 16.0. The van der Waals surface area contributed by atoms with Crippen molar-refractivity contribution in [1.82, 2.24) is 19.3 Å². The molecule has 1 aliphatic heterocycles. The summed E-state index contributed by atoms with van der Waals surface area (Å²) in [6.45, 7) is 6.18. The molecule has 0 amide bonds. The number of anilines is 1. The van der Waals surface area contributed by atoms with Crippen molar-refractivity contribution in [2.45, 2.75) is 33.0 Å². The van der Waals surface area contributed by atoms with Crippen LogP contribution < -0.4 is 10.5 Å². The molecule has 3 heterocycles. The Labute approximate surface area is 134 Å². The normalized spacial score (nSPS) is 14.5. The lowest BCUT2D eigenvalue weighted by Gasteiger charge is -2.30. The van der Waals surface area contributed by atoms with E-state index in [0.29, 0.717) is 24.1 Å². The van der Waals surface area contributed by atoms with Gasteiger partial charge >= 0.3 is 0 Å². The number of para-hydroxylation sites is 1. The van der Waals surface area contributed by atoms with Gasteiger partial charge in [0.15, 0.2) is 5.65 Å². The van der Waals surface area contributed by atoms with Crippen molar-refractivity contribution >= 4 is 16.7 Å². The van der Waals surface area contributed by atoms with Crippen LogP contribution >= 0.6 is 0 Å². The molecule has 1 aliphatic rings. The second-order valence-corrected chi connectivity index (χ2v) is 6.16. The van der Waals surface area contributed by atoms with Gasteiger partial charge in [0.2, 0.25) is 0 Å². The van der Waals surface area contributed by atoms with Crippen molar-refractivity contribution in [3.63, 3.8) is 0 Å². The highest BCUT2D eigenvalue weighted by Gasteiger charge is 2.22. The first-order valence-electron chi connectivity index (χ1n) is 7.92. The van der Waals surface area contributed by atoms with Gasteiger partial charge in [0.05, 0.1) is 12.7 Å². The van der Waals surface area contributed by atoms with Gasteiger partial charge < -0.3 is 4.90 Å². The standard InChI is InChI=1S/C17H19N5O/c1-12(2)22-16-14(10-18-22)17(23)21-9-8-20(11-15(21)19-16)13-6-4-3-5-7-13/h3-7,10,12H,8-9,11H2,1-2H3. The fraction of sp³-hybridized carbons (Fsp3) is 0.353. The molecule has 2 aromatic heterocycles. The molecule has 0 atom stereocenters. The lowest BCUT2D eigenvalue weighted by molar-refractivity contribution is 0.522. The lowest BCUT2D eigenvalue weighted by Crippen LogP contribution is -2.40. The van der Waals surface area contributed by atoms with Gasteiger partial charge in [0.25, 0.3) is 5.56 Å². The molecule has 0 N–H and O–H groups in total. The Morgan fingerprint density at radius 1 is 1.13 bits per heavy atom. The van der Waals surface area contributed by atoms with Crippen molar-refractivity contribution in [3.05, 3.63) is 52.7 Å². The minimum Gasteiger partial charge on any atom is -0.362 e. The molecule has 0 spiro atoms. The van der Waals surface area contributed by atoms with Crippen molar-refractivity contribution in [2.75, 3.05) is 11.4 Å². The monoisotopic (exact) mass is 309 g/mol. The molecule has 0 saturated carbocycles. The number of hydrogen-bond acceptors (Lipinski definition) is 4. The van der Waals surface area contributed by atoms with Crippen LogP contribution in [0.25, 0.3) is 11.0 Å². The highest BCUT2D eigenvalue weighted by atomic mass is 16.1. The maximum Gasteiger partial charge on any atom is 0.264 e. The van der Waals surface area contributed by atoms with Crippen LogP contribution in [0.4, 0.5) is 5.69 Å². The average molecular weight is 309 g/mol. The van der Waals surface area contributed by atoms with Gasteiger partial charge in [0, 0.05) is 24.8 Å². The van der Waals surface area contributed by atoms with Crippen LogP contribution in [0.2, 0.25) is 0 Å². The molecule has 4 rings (SSSR count). The highest BCUT2D eigenvalue weighted by molar-refractivity contribution is 5.73. The summed E-state index contributed by atoms with van der Waals surface area (Å²) in [6.07, 6.45) is 1.64. The van der Waals surface area contributed by atoms with E-state index < -0.39 is 0 Å². The topological polar surface area (TPSA) is 56.0 Å². The Hall–Kier alpha value is -2.63. The quantitative estimate of drug-likeness (QED) is 0.728. The molecule has 3 aromatic rings. The molecule has 0 bridgehead atoms. The number of hydrogen-bond donors (Lipinski definition) is 0. The molecule has 23 heavy (non-hydrogen) atoms. The van der Waals surface area contributed by atoms with Gasteiger partial charge in [-0.05, 0) is 26.0 Å². The van der Waals surface area contributed by atoms with E-state index in [1.807, 2.05) is 36.7 Å². The summed E-state index contributed by atoms with van der Waals surface area (Å²) in [4.78, 5) is 19.7. The van der Waals surface area contributed by atoms with Crippen molar-refractivity contribution in [2.24, 2.45) is 0 Å². The third-order valence-corrected chi connectivity index (χ3v) is 4.33. The smallest absolute Gasteiger partial charge is 0.264 e. The van der Waals surface area contributed by atoms with Crippen molar-refractivity contribution in [1.29, 1.82) is 0 Å². The Kier molecular flexibility index (Phi) is 3.18. The summed E-state index contributed by atoms with van der Waals surface area (Å²) < 4.78 is 3.60. The lowest BCUT2D eigenvalue weighted by atomic mass is 10.2. The molecule has 0 fully saturated rings. The first-order valence-corrected chi connectivity index (χ1v) is 7.92. The van der Waals surface area contributed by atoms with Crippen LogP contribution in [0, 0.1) is 0 Å². The molecule has 0 aliphatic carbocycles. The Bertz CT molecular complexity index is 910. The van der Waals surface area contributed by atoms with Crippen LogP contribution in [0.1, 0.15) is 25.7 Å². The van der Waals surface area contributed by atoms with Gasteiger partial charge in [0.1, 0.15) is 11.2 Å². The van der Waals surface area contributed by atoms with E-state index in [1.165, 1.54) is 0 Å². The van der Waals surface area contributed by atoms with E-state index in [9.17, 15) is 4.79 Å². The third kappa shape index (κ3) is 2.21. The summed E-state index contributed by atoms with van der Waals surface area (Å²) >= 11 is 0. The number of benzene rings is 1. The predicted octanol–water partition coefficient (Wildman–Crippen LogP) is 2.19. The van der Waals surface area contributed by atoms with Crippen LogP contribution in [-0.2, 0) is 13.1 Å². The number of fused-ring (bicyclic) bond motifs is 2. The van der Waals surface area contributed by atoms with Crippen LogP contribution in [0.15, 0.2) is 41.3 Å². The molecular weight excluding hydrogens is 290 g/mol. The molecular formula is C17H19N5O. The fourth-order valence-electron chi connectivity index (χ4n) is 3.12. The summed E-state index contributed by atoms with van der Waals surface area (Å²) in [6, 6.07) is 10.4. The van der Waals surface area contributed by atoms with Gasteiger partial charge in [-0.25, -0.2) is 9.67 Å². The van der Waals surface area contributed by atoms with Gasteiger partial charge in [-0.2, -0.15) is 5.10 Å². The summed E-state index contributed by atoms with van der Waals surface area (Å²) in [5.74, 6) is 0.806. The van der Waals surface area contributed by atoms with E-state index in [0.717, 1.165) is 18.1 Å². The second-order valence-electron chi connectivity index (χ2n) is 6.16. The zero-order valence-corrected chi connectivity index (χ0v) is 13.3. The SMILES string of the molecule is CC(C)n1ncc2c(=O)n3c(nc21)CN(c1ccccc1)CC3. The third-order valence-electron chi connectivity index (χ3n) is 4.33. The van der Waals surface area contributed by atoms with Crippen LogP contribution in [0.3, 0.4) is 0 Å². The molecule has 0 saturated heterocycles. The number of rotatable bonds is 2. The van der Waals surface area contributed by atoms with E-state index in [2.05, 4.69) is 22.1 Å². The molecule has 6 heteroatoms. The summed E-state index contributed by atoms with van der Waals surface area (Å²) in [5.41, 5.74) is 1.86. The zero-order valence-electron chi connectivity index (χ0n) is 13.3. The Morgan fingerprint density at radius 2 is 1.91 bits per heavy atom. The minimum absolute atomic E-state index is 0.0182. The van der Waals surface area contributed by atoms with Gasteiger partial charge in [-0.1, -0.05) is 18.2 Å². The van der Waals surface area contributed by atoms with Gasteiger partial charge in [-0.15, -0.1) is 0 Å². The average Bonchev–Trinajstić information content (AvgIpc) is 3.00. The minimum atomic E-state index is 0.0182. The number of nitrogens with zero attached hydrogens (tertiary/aromatic N) is 5. The maximum absolute atomic E-state index is 12.7. The maximum atomic E-state index is 12.7. The first-order chi connectivity index (χ1) is 11.1. The number of aromatic nitrogens is 4. The van der Waals surface area contributed by atoms with Crippen LogP contribution in [0.5, 0.6) is 0 Å². The summed E-state index contributed by atoms with van der Waals surface area (Å²) in [7, 11) is 0. The molecule has 0 radical (unpaired) electrons. The van der Waals surface area contributed by atoms with E-state index in [4.69, 9.17) is 4.98 Å². The Balaban J connectivity index is 1.82. The highest BCUT2D eigenvalue weighted by Crippen LogP contribution is 2.20. The van der Waals surface area contributed by atoms with E-state index >= 15 is 0 Å². The molecule has 118 valence electrons. The first kappa shape index (κ1) is 14.0.